The van der Waals surface area contributed by atoms with Crippen molar-refractivity contribution in [1.82, 2.24) is 9.88 Å². The first kappa shape index (κ1) is 14.1. The molecule has 1 unspecified atom stereocenters. The van der Waals surface area contributed by atoms with Gasteiger partial charge in [0.05, 0.1) is 5.69 Å². The number of hydrogen-bond donors (Lipinski definition) is 1. The fraction of sp³-hybridized carbons (Fsp3) is 0.312. The Hall–Kier alpha value is -2.81. The molecular weight excluding hydrogens is 280 g/mol. The highest BCUT2D eigenvalue weighted by molar-refractivity contribution is 5.88. The number of nitriles is 1. The normalized spacial score (nSPS) is 17.4. The number of rotatable bonds is 4. The van der Waals surface area contributed by atoms with Crippen LogP contribution in [0.5, 0.6) is 0 Å². The molecule has 2 aromatic rings. The Morgan fingerprint density at radius 3 is 2.86 bits per heavy atom. The minimum atomic E-state index is -0.673. The van der Waals surface area contributed by atoms with Gasteiger partial charge in [0.25, 0.3) is 5.89 Å². The number of amides is 1. The highest BCUT2D eigenvalue weighted by atomic mass is 16.4. The molecule has 1 aliphatic rings. The number of likely N-dealkylation sites (tertiary alicyclic amines) is 1. The summed E-state index contributed by atoms with van der Waals surface area (Å²) < 4.78 is 5.56. The van der Waals surface area contributed by atoms with Crippen molar-refractivity contribution in [3.8, 4) is 17.5 Å². The van der Waals surface area contributed by atoms with Crippen LogP contribution in [0.3, 0.4) is 0 Å². The second kappa shape index (κ2) is 5.90. The zero-order chi connectivity index (χ0) is 15.5. The molecule has 3 rings (SSSR count). The summed E-state index contributed by atoms with van der Waals surface area (Å²) in [6.07, 6.45) is 3.76. The summed E-state index contributed by atoms with van der Waals surface area (Å²) in [6.45, 7) is 1.48. The Kier molecular flexibility index (Phi) is 3.79. The van der Waals surface area contributed by atoms with Gasteiger partial charge in [0.15, 0.2) is 12.0 Å². The second-order valence-electron chi connectivity index (χ2n) is 5.43. The van der Waals surface area contributed by atoms with Gasteiger partial charge in [0, 0.05) is 18.7 Å². The fourth-order valence-corrected chi connectivity index (χ4v) is 2.77. The van der Waals surface area contributed by atoms with Crippen LogP contribution in [0.2, 0.25) is 0 Å². The summed E-state index contributed by atoms with van der Waals surface area (Å²) in [5.41, 5.74) is 6.87. The molecule has 0 saturated carbocycles. The van der Waals surface area contributed by atoms with Crippen molar-refractivity contribution in [2.24, 2.45) is 11.7 Å². The van der Waals surface area contributed by atoms with Crippen LogP contribution in [0.15, 0.2) is 34.7 Å². The monoisotopic (exact) mass is 296 g/mol. The van der Waals surface area contributed by atoms with Crippen LogP contribution in [0.1, 0.15) is 22.8 Å². The summed E-state index contributed by atoms with van der Waals surface area (Å²) in [5.74, 6) is 0.176. The van der Waals surface area contributed by atoms with Crippen LogP contribution in [0, 0.1) is 17.4 Å². The number of oxazole rings is 1. The van der Waals surface area contributed by atoms with Crippen LogP contribution >= 0.6 is 0 Å². The van der Waals surface area contributed by atoms with Crippen molar-refractivity contribution < 1.29 is 9.21 Å². The van der Waals surface area contributed by atoms with E-state index >= 15 is 0 Å². The van der Waals surface area contributed by atoms with Crippen LogP contribution < -0.4 is 5.73 Å². The van der Waals surface area contributed by atoms with Crippen molar-refractivity contribution in [2.75, 3.05) is 13.1 Å². The molecule has 1 fully saturated rings. The van der Waals surface area contributed by atoms with Crippen molar-refractivity contribution in [3.05, 3.63) is 41.9 Å². The lowest BCUT2D eigenvalue weighted by Crippen LogP contribution is -2.15. The Balaban J connectivity index is 1.89. The average Bonchev–Trinajstić information content (AvgIpc) is 3.15. The SMILES string of the molecule is N#CN1CCC(Cc2nc(C(N)=O)oc2-c2ccccc2)C1. The Labute approximate surface area is 128 Å². The van der Waals surface area contributed by atoms with E-state index in [1.807, 2.05) is 30.3 Å². The minimum absolute atomic E-state index is 0.0658. The van der Waals surface area contributed by atoms with Gasteiger partial charge in [-0.3, -0.25) is 4.79 Å². The molecule has 1 amide bonds. The van der Waals surface area contributed by atoms with Crippen LogP contribution in [-0.2, 0) is 6.42 Å². The molecule has 112 valence electrons. The maximum atomic E-state index is 11.3. The molecule has 1 aliphatic heterocycles. The van der Waals surface area contributed by atoms with Crippen LogP contribution in [0.4, 0.5) is 0 Å². The van der Waals surface area contributed by atoms with Gasteiger partial charge in [-0.2, -0.15) is 5.26 Å². The number of carbonyl (C=O) groups excluding carboxylic acids is 1. The smallest absolute Gasteiger partial charge is 0.304 e. The predicted molar refractivity (Wildman–Crippen MR) is 79.5 cm³/mol. The van der Waals surface area contributed by atoms with Gasteiger partial charge in [-0.05, 0) is 18.8 Å². The van der Waals surface area contributed by atoms with Crippen molar-refractivity contribution in [3.63, 3.8) is 0 Å². The molecule has 0 aliphatic carbocycles. The average molecular weight is 296 g/mol. The molecule has 6 nitrogen and oxygen atoms in total. The second-order valence-corrected chi connectivity index (χ2v) is 5.43. The minimum Gasteiger partial charge on any atom is -0.432 e. The van der Waals surface area contributed by atoms with Crippen molar-refractivity contribution in [2.45, 2.75) is 12.8 Å². The number of carbonyl (C=O) groups is 1. The maximum Gasteiger partial charge on any atom is 0.304 e. The molecule has 2 N–H and O–H groups in total. The molecule has 0 radical (unpaired) electrons. The number of aromatic nitrogens is 1. The van der Waals surface area contributed by atoms with E-state index in [2.05, 4.69) is 11.2 Å². The number of nitrogens with two attached hydrogens (primary N) is 1. The maximum absolute atomic E-state index is 11.3. The lowest BCUT2D eigenvalue weighted by Gasteiger charge is -2.08. The van der Waals surface area contributed by atoms with Gasteiger partial charge < -0.3 is 15.1 Å². The summed E-state index contributed by atoms with van der Waals surface area (Å²) in [5, 5.41) is 8.94. The summed E-state index contributed by atoms with van der Waals surface area (Å²) in [4.78, 5) is 17.3. The lowest BCUT2D eigenvalue weighted by molar-refractivity contribution is 0.0968. The van der Waals surface area contributed by atoms with E-state index in [9.17, 15) is 4.79 Å². The Morgan fingerprint density at radius 1 is 1.45 bits per heavy atom. The van der Waals surface area contributed by atoms with E-state index in [4.69, 9.17) is 15.4 Å². The van der Waals surface area contributed by atoms with E-state index in [1.165, 1.54) is 0 Å². The Bertz CT molecular complexity index is 717. The third-order valence-electron chi connectivity index (χ3n) is 3.85. The summed E-state index contributed by atoms with van der Waals surface area (Å²) in [7, 11) is 0. The van der Waals surface area contributed by atoms with Gasteiger partial charge in [-0.1, -0.05) is 30.3 Å². The molecule has 1 atom stereocenters. The zero-order valence-corrected chi connectivity index (χ0v) is 12.0. The summed E-state index contributed by atoms with van der Waals surface area (Å²) >= 11 is 0. The van der Waals surface area contributed by atoms with E-state index in [0.717, 1.165) is 24.2 Å². The van der Waals surface area contributed by atoms with E-state index in [0.29, 0.717) is 24.6 Å². The number of hydrogen-bond acceptors (Lipinski definition) is 5. The van der Waals surface area contributed by atoms with Crippen LogP contribution in [-0.4, -0.2) is 28.9 Å². The van der Waals surface area contributed by atoms with Crippen molar-refractivity contribution in [1.29, 1.82) is 5.26 Å². The van der Waals surface area contributed by atoms with Gasteiger partial charge in [0.1, 0.15) is 0 Å². The molecule has 0 bridgehead atoms. The van der Waals surface area contributed by atoms with Crippen molar-refractivity contribution >= 4 is 5.91 Å². The van der Waals surface area contributed by atoms with Gasteiger partial charge >= 0.3 is 5.91 Å². The molecule has 1 aromatic carbocycles. The number of primary amides is 1. The zero-order valence-electron chi connectivity index (χ0n) is 12.0. The van der Waals surface area contributed by atoms with E-state index in [1.54, 1.807) is 4.90 Å². The third kappa shape index (κ3) is 2.79. The molecule has 6 heteroatoms. The quantitative estimate of drug-likeness (QED) is 0.868. The molecule has 22 heavy (non-hydrogen) atoms. The topological polar surface area (TPSA) is 96.1 Å². The Morgan fingerprint density at radius 2 is 2.23 bits per heavy atom. The summed E-state index contributed by atoms with van der Waals surface area (Å²) in [6, 6.07) is 9.53. The van der Waals surface area contributed by atoms with Gasteiger partial charge in [-0.25, -0.2) is 4.98 Å². The first-order valence-corrected chi connectivity index (χ1v) is 7.17. The highest BCUT2D eigenvalue weighted by Gasteiger charge is 2.26. The van der Waals surface area contributed by atoms with Gasteiger partial charge in [0.2, 0.25) is 0 Å². The predicted octanol–water partition coefficient (Wildman–Crippen LogP) is 1.79. The number of benzene rings is 1. The van der Waals surface area contributed by atoms with E-state index < -0.39 is 5.91 Å². The first-order chi connectivity index (χ1) is 10.7. The third-order valence-corrected chi connectivity index (χ3v) is 3.85. The molecule has 2 heterocycles. The largest absolute Gasteiger partial charge is 0.432 e. The lowest BCUT2D eigenvalue weighted by atomic mass is 10.00. The molecule has 1 saturated heterocycles. The highest BCUT2D eigenvalue weighted by Crippen LogP contribution is 2.29. The molecule has 0 spiro atoms. The molecular formula is C16H16N4O2. The molecule has 1 aromatic heterocycles. The van der Waals surface area contributed by atoms with Crippen LogP contribution in [0.25, 0.3) is 11.3 Å². The van der Waals surface area contributed by atoms with E-state index in [-0.39, 0.29) is 5.89 Å². The van der Waals surface area contributed by atoms with Gasteiger partial charge in [-0.15, -0.1) is 0 Å². The first-order valence-electron chi connectivity index (χ1n) is 7.17. The fourth-order valence-electron chi connectivity index (χ4n) is 2.77. The standard InChI is InChI=1S/C16H16N4O2/c17-10-20-7-6-11(9-20)8-13-14(12-4-2-1-3-5-12)22-16(19-13)15(18)21/h1-5,11H,6-9H2,(H2,18,21). The number of nitrogens with zero attached hydrogens (tertiary/aromatic N) is 3.